The molecular formula is C24H29N3O6S. The van der Waals surface area contributed by atoms with E-state index in [2.05, 4.69) is 5.32 Å². The molecule has 1 atom stereocenters. The second-order valence-electron chi connectivity index (χ2n) is 8.01. The van der Waals surface area contributed by atoms with Crippen LogP contribution in [0.1, 0.15) is 42.6 Å². The van der Waals surface area contributed by atoms with Crippen molar-refractivity contribution in [2.75, 3.05) is 20.2 Å². The van der Waals surface area contributed by atoms with Gasteiger partial charge in [-0.3, -0.25) is 14.4 Å². The van der Waals surface area contributed by atoms with Crippen molar-refractivity contribution in [1.29, 1.82) is 0 Å². The summed E-state index contributed by atoms with van der Waals surface area (Å²) in [7, 11) is -2.63. The average molecular weight is 488 g/mol. The number of benzene rings is 2. The number of hydrogen-bond donors (Lipinski definition) is 1. The SMILES string of the molecule is CCCCNC(=O)[C@@H](C)N(Cc1cccc(OC)c1)C(=O)CN1C(=O)c2ccccc2S1(=O)=O. The number of carbonyl (C=O) groups is 3. The molecule has 0 unspecified atom stereocenters. The Morgan fingerprint density at radius 3 is 2.56 bits per heavy atom. The standard InChI is InChI=1S/C24H29N3O6S/c1-4-5-13-25-23(29)17(2)26(15-18-9-8-10-19(14-18)33-3)22(28)16-27-24(30)20-11-6-7-12-21(20)34(27,31)32/h6-12,14,17H,4-5,13,15-16H2,1-3H3,(H,25,29)/t17-/m1/s1. The van der Waals surface area contributed by atoms with Crippen molar-refractivity contribution in [1.82, 2.24) is 14.5 Å². The summed E-state index contributed by atoms with van der Waals surface area (Å²) in [6.07, 6.45) is 1.69. The first kappa shape index (κ1) is 25.2. The summed E-state index contributed by atoms with van der Waals surface area (Å²) in [5.74, 6) is -1.20. The molecule has 10 heteroatoms. The molecule has 2 aromatic carbocycles. The fraction of sp³-hybridized carbons (Fsp3) is 0.375. The number of methoxy groups -OCH3 is 1. The minimum atomic E-state index is -4.16. The zero-order valence-electron chi connectivity index (χ0n) is 19.5. The number of nitrogens with zero attached hydrogens (tertiary/aromatic N) is 2. The van der Waals surface area contributed by atoms with E-state index >= 15 is 0 Å². The summed E-state index contributed by atoms with van der Waals surface area (Å²) >= 11 is 0. The van der Waals surface area contributed by atoms with Crippen LogP contribution < -0.4 is 10.1 Å². The predicted molar refractivity (Wildman–Crippen MR) is 126 cm³/mol. The predicted octanol–water partition coefficient (Wildman–Crippen LogP) is 2.17. The van der Waals surface area contributed by atoms with Gasteiger partial charge in [0, 0.05) is 13.1 Å². The van der Waals surface area contributed by atoms with E-state index in [0.717, 1.165) is 12.8 Å². The molecule has 1 heterocycles. The number of rotatable bonds is 10. The normalized spacial score (nSPS) is 14.9. The molecule has 1 aliphatic heterocycles. The fourth-order valence-corrected chi connectivity index (χ4v) is 5.21. The summed E-state index contributed by atoms with van der Waals surface area (Å²) in [5, 5.41) is 2.80. The molecule has 0 saturated heterocycles. The Morgan fingerprint density at radius 2 is 1.88 bits per heavy atom. The molecule has 0 radical (unpaired) electrons. The number of sulfonamides is 1. The van der Waals surface area contributed by atoms with Gasteiger partial charge in [0.25, 0.3) is 15.9 Å². The maximum absolute atomic E-state index is 13.4. The molecule has 0 bridgehead atoms. The minimum Gasteiger partial charge on any atom is -0.497 e. The van der Waals surface area contributed by atoms with Crippen LogP contribution in [0.5, 0.6) is 5.75 Å². The van der Waals surface area contributed by atoms with Crippen molar-refractivity contribution in [3.8, 4) is 5.75 Å². The van der Waals surface area contributed by atoms with Crippen LogP contribution in [-0.2, 0) is 26.2 Å². The molecule has 1 N–H and O–H groups in total. The highest BCUT2D eigenvalue weighted by Crippen LogP contribution is 2.30. The zero-order chi connectivity index (χ0) is 24.9. The monoisotopic (exact) mass is 487 g/mol. The van der Waals surface area contributed by atoms with Crippen molar-refractivity contribution in [3.63, 3.8) is 0 Å². The first-order valence-corrected chi connectivity index (χ1v) is 12.5. The highest BCUT2D eigenvalue weighted by molar-refractivity contribution is 7.90. The Balaban J connectivity index is 1.87. The quantitative estimate of drug-likeness (QED) is 0.514. The van der Waals surface area contributed by atoms with Gasteiger partial charge in [0.1, 0.15) is 23.2 Å². The lowest BCUT2D eigenvalue weighted by Gasteiger charge is -2.30. The van der Waals surface area contributed by atoms with E-state index in [9.17, 15) is 22.8 Å². The fourth-order valence-electron chi connectivity index (χ4n) is 3.69. The van der Waals surface area contributed by atoms with Gasteiger partial charge >= 0.3 is 0 Å². The Bertz CT molecular complexity index is 1180. The molecule has 9 nitrogen and oxygen atoms in total. The molecule has 1 aliphatic rings. The third-order valence-electron chi connectivity index (χ3n) is 5.67. The molecule has 3 amide bonds. The number of carbonyl (C=O) groups excluding carboxylic acids is 3. The lowest BCUT2D eigenvalue weighted by atomic mass is 10.1. The van der Waals surface area contributed by atoms with Gasteiger partial charge in [0.15, 0.2) is 0 Å². The van der Waals surface area contributed by atoms with Gasteiger partial charge in [0.05, 0.1) is 12.7 Å². The van der Waals surface area contributed by atoms with Crippen molar-refractivity contribution in [2.24, 2.45) is 0 Å². The molecule has 34 heavy (non-hydrogen) atoms. The molecule has 3 rings (SSSR count). The van der Waals surface area contributed by atoms with Crippen LogP contribution in [0, 0.1) is 0 Å². The van der Waals surface area contributed by atoms with Crippen molar-refractivity contribution in [2.45, 2.75) is 44.2 Å². The van der Waals surface area contributed by atoms with Crippen LogP contribution in [0.25, 0.3) is 0 Å². The smallest absolute Gasteiger partial charge is 0.269 e. The highest BCUT2D eigenvalue weighted by Gasteiger charge is 2.43. The molecule has 0 aliphatic carbocycles. The summed E-state index contributed by atoms with van der Waals surface area (Å²) in [5.41, 5.74) is 0.722. The summed E-state index contributed by atoms with van der Waals surface area (Å²) in [6, 6.07) is 12.0. The Hall–Kier alpha value is -3.40. The summed E-state index contributed by atoms with van der Waals surface area (Å²) < 4.78 is 31.6. The lowest BCUT2D eigenvalue weighted by Crippen LogP contribution is -2.51. The van der Waals surface area contributed by atoms with Gasteiger partial charge in [-0.25, -0.2) is 12.7 Å². The largest absolute Gasteiger partial charge is 0.497 e. The molecular weight excluding hydrogens is 458 g/mol. The van der Waals surface area contributed by atoms with E-state index in [-0.39, 0.29) is 22.9 Å². The maximum Gasteiger partial charge on any atom is 0.269 e. The van der Waals surface area contributed by atoms with Gasteiger partial charge in [-0.1, -0.05) is 37.6 Å². The summed E-state index contributed by atoms with van der Waals surface area (Å²) in [4.78, 5) is 40.1. The van der Waals surface area contributed by atoms with Gasteiger partial charge in [-0.15, -0.1) is 0 Å². The number of amides is 3. The Kier molecular flexibility index (Phi) is 7.93. The molecule has 0 saturated carbocycles. The Morgan fingerprint density at radius 1 is 1.15 bits per heavy atom. The van der Waals surface area contributed by atoms with Gasteiger partial charge in [-0.2, -0.15) is 0 Å². The number of nitrogens with one attached hydrogen (secondary N) is 1. The van der Waals surface area contributed by atoms with Crippen LogP contribution in [0.4, 0.5) is 0 Å². The van der Waals surface area contributed by atoms with E-state index in [1.54, 1.807) is 37.3 Å². The second-order valence-corrected chi connectivity index (χ2v) is 9.84. The van der Waals surface area contributed by atoms with Gasteiger partial charge in [-0.05, 0) is 43.2 Å². The van der Waals surface area contributed by atoms with E-state index in [4.69, 9.17) is 4.74 Å². The topological polar surface area (TPSA) is 113 Å². The zero-order valence-corrected chi connectivity index (χ0v) is 20.3. The van der Waals surface area contributed by atoms with E-state index < -0.39 is 34.4 Å². The van der Waals surface area contributed by atoms with Crippen LogP contribution in [-0.4, -0.2) is 61.6 Å². The second kappa shape index (κ2) is 10.7. The number of hydrogen-bond acceptors (Lipinski definition) is 6. The van der Waals surface area contributed by atoms with Crippen LogP contribution in [0.15, 0.2) is 53.4 Å². The van der Waals surface area contributed by atoms with Crippen LogP contribution in [0.2, 0.25) is 0 Å². The van der Waals surface area contributed by atoms with Crippen molar-refractivity contribution < 1.29 is 27.5 Å². The molecule has 182 valence electrons. The maximum atomic E-state index is 13.4. The van der Waals surface area contributed by atoms with E-state index in [1.165, 1.54) is 30.2 Å². The molecule has 2 aromatic rings. The first-order valence-electron chi connectivity index (χ1n) is 11.1. The Labute approximate surface area is 199 Å². The number of ether oxygens (including phenoxy) is 1. The number of fused-ring (bicyclic) bond motifs is 1. The molecule has 0 spiro atoms. The minimum absolute atomic E-state index is 0.0278. The van der Waals surface area contributed by atoms with Crippen LogP contribution >= 0.6 is 0 Å². The van der Waals surface area contributed by atoms with Crippen molar-refractivity contribution in [3.05, 3.63) is 59.7 Å². The van der Waals surface area contributed by atoms with Gasteiger partial charge in [0.2, 0.25) is 11.8 Å². The average Bonchev–Trinajstić information content (AvgIpc) is 3.03. The third-order valence-corrected chi connectivity index (χ3v) is 7.46. The van der Waals surface area contributed by atoms with E-state index in [1.807, 2.05) is 6.92 Å². The molecule has 0 aromatic heterocycles. The summed E-state index contributed by atoms with van der Waals surface area (Å²) in [6.45, 7) is 3.38. The van der Waals surface area contributed by atoms with Crippen molar-refractivity contribution >= 4 is 27.7 Å². The van der Waals surface area contributed by atoms with Crippen LogP contribution in [0.3, 0.4) is 0 Å². The lowest BCUT2D eigenvalue weighted by molar-refractivity contribution is -0.140. The van der Waals surface area contributed by atoms with Gasteiger partial charge < -0.3 is 15.0 Å². The highest BCUT2D eigenvalue weighted by atomic mass is 32.2. The number of unbranched alkanes of at least 4 members (excludes halogenated alkanes) is 1. The third kappa shape index (κ3) is 5.22. The van der Waals surface area contributed by atoms with E-state index in [0.29, 0.717) is 22.2 Å². The first-order chi connectivity index (χ1) is 16.2. The molecule has 0 fully saturated rings.